The van der Waals surface area contributed by atoms with Gasteiger partial charge in [0.05, 0.1) is 14.2 Å². The van der Waals surface area contributed by atoms with Crippen LogP contribution < -0.4 is 9.47 Å². The number of benzene rings is 5. The van der Waals surface area contributed by atoms with Crippen molar-refractivity contribution in [3.8, 4) is 11.5 Å². The number of hydrogen-bond donors (Lipinski definition) is 0. The number of carbonyl (C=O) groups is 5. The molecule has 5 rings (SSSR count). The van der Waals surface area contributed by atoms with Gasteiger partial charge in [-0.25, -0.2) is 0 Å². The van der Waals surface area contributed by atoms with Crippen molar-refractivity contribution in [1.29, 1.82) is 0 Å². The van der Waals surface area contributed by atoms with Crippen molar-refractivity contribution in [2.45, 2.75) is 48.5 Å². The average Bonchev–Trinajstić information content (AvgIpc) is 3.13. The highest BCUT2D eigenvalue weighted by molar-refractivity contribution is 5.95. The molecule has 0 radical (unpaired) electrons. The van der Waals surface area contributed by atoms with Gasteiger partial charge >= 0.3 is 0 Å². The van der Waals surface area contributed by atoms with Crippen LogP contribution in [0.25, 0.3) is 0 Å². The quantitative estimate of drug-likeness (QED) is 0.157. The predicted octanol–water partition coefficient (Wildman–Crippen LogP) is 10.1. The zero-order valence-electron chi connectivity index (χ0n) is 31.0. The van der Waals surface area contributed by atoms with E-state index in [-0.39, 0.29) is 28.9 Å². The lowest BCUT2D eigenvalue weighted by Gasteiger charge is -1.99. The van der Waals surface area contributed by atoms with E-state index in [4.69, 9.17) is 9.47 Å². The van der Waals surface area contributed by atoms with Crippen molar-refractivity contribution in [2.75, 3.05) is 14.2 Å². The van der Waals surface area contributed by atoms with Crippen molar-refractivity contribution in [1.82, 2.24) is 0 Å². The minimum absolute atomic E-state index is 0.0592. The molecule has 7 heteroatoms. The summed E-state index contributed by atoms with van der Waals surface area (Å²) in [6.07, 6.45) is 0. The molecule has 0 spiro atoms. The van der Waals surface area contributed by atoms with Crippen LogP contribution in [0.5, 0.6) is 11.5 Å². The Balaban J connectivity index is 0.000000319. The topological polar surface area (TPSA) is 104 Å². The fourth-order valence-electron chi connectivity index (χ4n) is 3.99. The van der Waals surface area contributed by atoms with Gasteiger partial charge in [0.1, 0.15) is 11.5 Å². The molecule has 0 aliphatic heterocycles. The Hall–Kier alpha value is -5.95. The number of ketones is 5. The summed E-state index contributed by atoms with van der Waals surface area (Å²) in [5.41, 5.74) is 6.07. The third-order valence-corrected chi connectivity index (χ3v) is 7.04. The second kappa shape index (κ2) is 23.4. The van der Waals surface area contributed by atoms with Crippen LogP contribution in [0.1, 0.15) is 97.5 Å². The normalized spacial score (nSPS) is 9.27. The lowest BCUT2D eigenvalue weighted by atomic mass is 10.1. The molecule has 266 valence electrons. The highest BCUT2D eigenvalue weighted by atomic mass is 16.5. The summed E-state index contributed by atoms with van der Waals surface area (Å²) in [6.45, 7) is 11.8. The maximum Gasteiger partial charge on any atom is 0.159 e. The molecule has 0 aliphatic carbocycles. The number of aryl methyl sites for hydroxylation is 2. The summed E-state index contributed by atoms with van der Waals surface area (Å²) >= 11 is 0. The molecule has 0 heterocycles. The van der Waals surface area contributed by atoms with Gasteiger partial charge in [-0.15, -0.1) is 0 Å². The van der Waals surface area contributed by atoms with E-state index in [0.29, 0.717) is 11.1 Å². The van der Waals surface area contributed by atoms with E-state index in [1.165, 1.54) is 12.5 Å². The van der Waals surface area contributed by atoms with E-state index in [9.17, 15) is 24.0 Å². The minimum atomic E-state index is 0.0592. The van der Waals surface area contributed by atoms with Crippen molar-refractivity contribution in [2.24, 2.45) is 0 Å². The lowest BCUT2D eigenvalue weighted by Crippen LogP contribution is -1.92. The Morgan fingerprint density at radius 2 is 0.725 bits per heavy atom. The van der Waals surface area contributed by atoms with E-state index < -0.39 is 0 Å². The third kappa shape index (κ3) is 17.9. The first-order chi connectivity index (χ1) is 24.2. The first-order valence-corrected chi connectivity index (χ1v) is 16.2. The standard InChI is InChI=1S/2C9H10O2.2C9H10O.C8H8O/c1-7(10)8-3-5-9(11-2)6-4-8;1-7(10)8-4-3-5-9(6-8)11-2;1-7-3-5-9(6-4-7)8(2)10;1-7-4-3-5-9(6-7)8(2)10;1-7(9)8-5-3-2-4-6-8/h2*3-6H,1-2H3;2*3-6H,1-2H3;2-6H,1H3. The maximum absolute atomic E-state index is 10.9. The van der Waals surface area contributed by atoms with Gasteiger partial charge in [0.2, 0.25) is 0 Å². The Labute approximate surface area is 302 Å². The molecule has 0 aromatic heterocycles. The number of hydrogen-bond acceptors (Lipinski definition) is 7. The molecule has 0 saturated heterocycles. The second-order valence-electron chi connectivity index (χ2n) is 11.3. The van der Waals surface area contributed by atoms with Crippen LogP contribution >= 0.6 is 0 Å². The van der Waals surface area contributed by atoms with Crippen LogP contribution in [0.3, 0.4) is 0 Å². The number of carbonyl (C=O) groups excluding carboxylic acids is 5. The highest BCUT2D eigenvalue weighted by Gasteiger charge is 2.00. The van der Waals surface area contributed by atoms with E-state index in [1.54, 1.807) is 84.4 Å². The van der Waals surface area contributed by atoms with Crippen LogP contribution in [0.15, 0.2) is 127 Å². The Kier molecular flexibility index (Phi) is 19.8. The summed E-state index contributed by atoms with van der Waals surface area (Å²) in [7, 11) is 3.18. The summed E-state index contributed by atoms with van der Waals surface area (Å²) in [6, 6.07) is 38.6. The monoisotopic (exact) mass is 688 g/mol. The molecule has 0 unspecified atom stereocenters. The van der Waals surface area contributed by atoms with E-state index in [0.717, 1.165) is 33.8 Å². The maximum atomic E-state index is 10.9. The molecule has 0 N–H and O–H groups in total. The van der Waals surface area contributed by atoms with Gasteiger partial charge in [-0.05, 0) is 90.9 Å². The van der Waals surface area contributed by atoms with Crippen molar-refractivity contribution < 1.29 is 33.4 Å². The van der Waals surface area contributed by atoms with Crippen LogP contribution in [0, 0.1) is 13.8 Å². The summed E-state index contributed by atoms with van der Waals surface area (Å²) < 4.78 is 9.89. The zero-order chi connectivity index (χ0) is 38.3. The lowest BCUT2D eigenvalue weighted by molar-refractivity contribution is 0.100. The number of ether oxygens (including phenoxy) is 2. The van der Waals surface area contributed by atoms with Crippen molar-refractivity contribution in [3.05, 3.63) is 166 Å². The summed E-state index contributed by atoms with van der Waals surface area (Å²) in [5, 5.41) is 0. The first-order valence-electron chi connectivity index (χ1n) is 16.2. The smallest absolute Gasteiger partial charge is 0.159 e. The van der Waals surface area contributed by atoms with Crippen molar-refractivity contribution >= 4 is 28.9 Å². The molecule has 5 aromatic rings. The zero-order valence-corrected chi connectivity index (χ0v) is 31.0. The second-order valence-corrected chi connectivity index (χ2v) is 11.3. The number of methoxy groups -OCH3 is 2. The van der Waals surface area contributed by atoms with E-state index in [2.05, 4.69) is 0 Å². The van der Waals surface area contributed by atoms with Crippen LogP contribution in [0.2, 0.25) is 0 Å². The number of Topliss-reactive ketones (excluding diaryl/α,β-unsaturated/α-hetero) is 5. The van der Waals surface area contributed by atoms with Gasteiger partial charge in [0.25, 0.3) is 0 Å². The molecular formula is C44H48O7. The van der Waals surface area contributed by atoms with Crippen LogP contribution in [0.4, 0.5) is 0 Å². The van der Waals surface area contributed by atoms with Gasteiger partial charge in [-0.3, -0.25) is 24.0 Å². The summed E-state index contributed by atoms with van der Waals surface area (Å²) in [4.78, 5) is 53.9. The predicted molar refractivity (Wildman–Crippen MR) is 205 cm³/mol. The molecule has 7 nitrogen and oxygen atoms in total. The van der Waals surface area contributed by atoms with Gasteiger partial charge in [0, 0.05) is 27.8 Å². The SMILES string of the molecule is CC(=O)c1ccc(C)cc1.CC(=O)c1cccc(C)c1.CC(=O)c1ccccc1.COc1ccc(C(C)=O)cc1.COc1cccc(C(C)=O)c1. The van der Waals surface area contributed by atoms with Crippen molar-refractivity contribution in [3.63, 3.8) is 0 Å². The molecule has 0 saturated carbocycles. The highest BCUT2D eigenvalue weighted by Crippen LogP contribution is 2.13. The largest absolute Gasteiger partial charge is 0.497 e. The van der Waals surface area contributed by atoms with E-state index in [1.807, 2.05) is 98.8 Å². The fraction of sp³-hybridized carbons (Fsp3) is 0.205. The Morgan fingerprint density at radius 1 is 0.353 bits per heavy atom. The molecule has 51 heavy (non-hydrogen) atoms. The van der Waals surface area contributed by atoms with E-state index >= 15 is 0 Å². The molecular weight excluding hydrogens is 640 g/mol. The van der Waals surface area contributed by atoms with Gasteiger partial charge in [-0.1, -0.05) is 96.1 Å². The third-order valence-electron chi connectivity index (χ3n) is 7.04. The molecule has 5 aromatic carbocycles. The average molecular weight is 689 g/mol. The Bertz CT molecular complexity index is 1840. The minimum Gasteiger partial charge on any atom is -0.497 e. The fourth-order valence-corrected chi connectivity index (χ4v) is 3.99. The number of rotatable bonds is 7. The molecule has 0 aliphatic rings. The molecule has 0 amide bonds. The molecule has 0 bridgehead atoms. The van der Waals surface area contributed by atoms with Gasteiger partial charge in [0.15, 0.2) is 28.9 Å². The first kappa shape index (κ1) is 43.1. The Morgan fingerprint density at radius 3 is 1.10 bits per heavy atom. The molecule has 0 fully saturated rings. The van der Waals surface area contributed by atoms with Crippen LogP contribution in [-0.2, 0) is 0 Å². The van der Waals surface area contributed by atoms with Gasteiger partial charge in [-0.2, -0.15) is 0 Å². The van der Waals surface area contributed by atoms with Gasteiger partial charge < -0.3 is 9.47 Å². The van der Waals surface area contributed by atoms with Crippen LogP contribution in [-0.4, -0.2) is 43.1 Å². The summed E-state index contributed by atoms with van der Waals surface area (Å²) in [5.74, 6) is 2.00. The molecule has 0 atom stereocenters.